The monoisotopic (exact) mass is 421 g/mol. The maximum atomic E-state index is 14.8. The van der Waals surface area contributed by atoms with E-state index in [4.69, 9.17) is 14.2 Å². The molecule has 2 aromatic carbocycles. The van der Waals surface area contributed by atoms with Crippen LogP contribution in [0.1, 0.15) is 47.2 Å². The van der Waals surface area contributed by atoms with Crippen molar-refractivity contribution in [2.75, 3.05) is 13.2 Å². The number of aliphatic hydroxyl groups is 1. The third kappa shape index (κ3) is 3.83. The van der Waals surface area contributed by atoms with Crippen LogP contribution in [0.4, 0.5) is 4.39 Å². The summed E-state index contributed by atoms with van der Waals surface area (Å²) in [4.78, 5) is 4.38. The van der Waals surface area contributed by atoms with Gasteiger partial charge in [0.1, 0.15) is 29.2 Å². The summed E-state index contributed by atoms with van der Waals surface area (Å²) < 4.78 is 32.7. The Kier molecular flexibility index (Phi) is 5.24. The first kappa shape index (κ1) is 19.8. The zero-order valence-electron chi connectivity index (χ0n) is 17.3. The maximum Gasteiger partial charge on any atom is 0.219 e. The fourth-order valence-electron chi connectivity index (χ4n) is 4.43. The van der Waals surface area contributed by atoms with Gasteiger partial charge in [-0.15, -0.1) is 0 Å². The Morgan fingerprint density at radius 2 is 2.10 bits per heavy atom. The Balaban J connectivity index is 1.38. The summed E-state index contributed by atoms with van der Waals surface area (Å²) in [5.41, 5.74) is 3.32. The van der Waals surface area contributed by atoms with Gasteiger partial charge in [-0.3, -0.25) is 0 Å². The minimum atomic E-state index is -0.392. The first-order valence-electron chi connectivity index (χ1n) is 10.6. The van der Waals surface area contributed by atoms with E-state index >= 15 is 0 Å². The molecule has 1 aliphatic heterocycles. The van der Waals surface area contributed by atoms with Crippen LogP contribution in [-0.2, 0) is 6.42 Å². The summed E-state index contributed by atoms with van der Waals surface area (Å²) in [6.07, 6.45) is 1.61. The molecule has 31 heavy (non-hydrogen) atoms. The summed E-state index contributed by atoms with van der Waals surface area (Å²) in [5.74, 6) is 2.44. The van der Waals surface area contributed by atoms with Crippen molar-refractivity contribution < 1.29 is 23.7 Å². The molecule has 6 heteroatoms. The fourth-order valence-corrected chi connectivity index (χ4v) is 4.43. The average Bonchev–Trinajstić information content (AvgIpc) is 3.36. The lowest BCUT2D eigenvalue weighted by atomic mass is 9.98. The zero-order chi connectivity index (χ0) is 21.4. The van der Waals surface area contributed by atoms with Gasteiger partial charge in [0, 0.05) is 47.0 Å². The molecule has 5 nitrogen and oxygen atoms in total. The minimum Gasteiger partial charge on any atom is -0.493 e. The number of hydrogen-bond donors (Lipinski definition) is 1. The molecule has 2 atom stereocenters. The Morgan fingerprint density at radius 1 is 1.19 bits per heavy atom. The van der Waals surface area contributed by atoms with E-state index < -0.39 is 6.10 Å². The lowest BCUT2D eigenvalue weighted by molar-refractivity contribution is 0.202. The van der Waals surface area contributed by atoms with Gasteiger partial charge in [-0.1, -0.05) is 12.1 Å². The second kappa shape index (κ2) is 8.19. The highest BCUT2D eigenvalue weighted by atomic mass is 19.1. The maximum absolute atomic E-state index is 14.8. The Morgan fingerprint density at radius 3 is 2.94 bits per heavy atom. The van der Waals surface area contributed by atoms with Crippen LogP contribution in [0.3, 0.4) is 0 Å². The van der Waals surface area contributed by atoms with Gasteiger partial charge < -0.3 is 19.3 Å². The second-order valence-electron chi connectivity index (χ2n) is 8.02. The number of aryl methyl sites for hydroxylation is 1. The van der Waals surface area contributed by atoms with Gasteiger partial charge in [0.05, 0.1) is 6.61 Å². The van der Waals surface area contributed by atoms with E-state index in [0.29, 0.717) is 48.8 Å². The number of halogens is 1. The molecule has 2 heterocycles. The molecule has 3 aromatic rings. The third-order valence-electron chi connectivity index (χ3n) is 5.94. The average molecular weight is 421 g/mol. The number of rotatable bonds is 6. The highest BCUT2D eigenvalue weighted by molar-refractivity contribution is 5.49. The molecule has 1 aliphatic carbocycles. The number of fused-ring (bicyclic) bond motifs is 2. The third-order valence-corrected chi connectivity index (χ3v) is 5.94. The van der Waals surface area contributed by atoms with E-state index in [-0.39, 0.29) is 18.3 Å². The standard InChI is InChI=1S/C25H24FNO4/c1-15-3-2-4-24(27-15)31-21-10-8-20(26)25-19(21)7-9-22(25)30-17-5-6-18-16(11-12-28)14-29-23(18)13-17/h2-6,8,10,13,16,22,28H,7,9,11-12,14H2,1H3. The molecule has 0 fully saturated rings. The lowest BCUT2D eigenvalue weighted by Gasteiger charge is -2.17. The number of nitrogens with zero attached hydrogens (tertiary/aromatic N) is 1. The highest BCUT2D eigenvalue weighted by Crippen LogP contribution is 2.44. The van der Waals surface area contributed by atoms with Crippen molar-refractivity contribution in [1.29, 1.82) is 0 Å². The van der Waals surface area contributed by atoms with E-state index in [1.54, 1.807) is 12.1 Å². The van der Waals surface area contributed by atoms with Crippen LogP contribution >= 0.6 is 0 Å². The molecule has 0 radical (unpaired) electrons. The number of hydrogen-bond acceptors (Lipinski definition) is 5. The van der Waals surface area contributed by atoms with E-state index in [1.807, 2.05) is 37.3 Å². The van der Waals surface area contributed by atoms with Gasteiger partial charge in [0.25, 0.3) is 0 Å². The van der Waals surface area contributed by atoms with Crippen LogP contribution in [0.25, 0.3) is 0 Å². The molecule has 2 aliphatic rings. The smallest absolute Gasteiger partial charge is 0.219 e. The van der Waals surface area contributed by atoms with Gasteiger partial charge in [-0.2, -0.15) is 0 Å². The summed E-state index contributed by atoms with van der Waals surface area (Å²) in [5, 5.41) is 9.21. The molecular weight excluding hydrogens is 397 g/mol. The minimum absolute atomic E-state index is 0.131. The molecule has 2 unspecified atom stereocenters. The number of aliphatic hydroxyl groups excluding tert-OH is 1. The lowest BCUT2D eigenvalue weighted by Crippen LogP contribution is -2.06. The first-order valence-corrected chi connectivity index (χ1v) is 10.6. The summed E-state index contributed by atoms with van der Waals surface area (Å²) in [6, 6.07) is 14.4. The van der Waals surface area contributed by atoms with Gasteiger partial charge in [-0.05, 0) is 50.5 Å². The van der Waals surface area contributed by atoms with Crippen molar-refractivity contribution in [2.45, 2.75) is 38.2 Å². The number of benzene rings is 2. The van der Waals surface area contributed by atoms with E-state index in [0.717, 1.165) is 22.6 Å². The van der Waals surface area contributed by atoms with Crippen molar-refractivity contribution in [3.05, 3.63) is 76.7 Å². The molecule has 160 valence electrons. The summed E-state index contributed by atoms with van der Waals surface area (Å²) >= 11 is 0. The van der Waals surface area contributed by atoms with Crippen LogP contribution in [0, 0.1) is 12.7 Å². The largest absolute Gasteiger partial charge is 0.493 e. The van der Waals surface area contributed by atoms with E-state index in [2.05, 4.69) is 4.98 Å². The Hall–Kier alpha value is -3.12. The first-order chi connectivity index (χ1) is 15.1. The molecule has 5 rings (SSSR count). The number of aromatic nitrogens is 1. The SMILES string of the molecule is Cc1cccc(Oc2ccc(F)c3c2CCC3Oc2ccc3c(c2)OCC3CCO)n1. The second-order valence-corrected chi connectivity index (χ2v) is 8.02. The molecule has 0 saturated heterocycles. The normalized spacial score (nSPS) is 18.9. The van der Waals surface area contributed by atoms with Crippen LogP contribution < -0.4 is 14.2 Å². The highest BCUT2D eigenvalue weighted by Gasteiger charge is 2.31. The van der Waals surface area contributed by atoms with Crippen molar-refractivity contribution >= 4 is 0 Å². The van der Waals surface area contributed by atoms with Crippen LogP contribution in [-0.4, -0.2) is 23.3 Å². The molecule has 1 aromatic heterocycles. The fraction of sp³-hybridized carbons (Fsp3) is 0.320. The van der Waals surface area contributed by atoms with Gasteiger partial charge in [0.2, 0.25) is 5.88 Å². The molecule has 0 saturated carbocycles. The molecule has 0 spiro atoms. The topological polar surface area (TPSA) is 60.8 Å². The molecule has 0 amide bonds. The number of pyridine rings is 1. The predicted octanol–water partition coefficient (Wildman–Crippen LogP) is 5.25. The van der Waals surface area contributed by atoms with Crippen LogP contribution in [0.5, 0.6) is 23.1 Å². The molecule has 0 bridgehead atoms. The van der Waals surface area contributed by atoms with Crippen LogP contribution in [0.15, 0.2) is 48.5 Å². The van der Waals surface area contributed by atoms with Crippen molar-refractivity contribution in [1.82, 2.24) is 4.98 Å². The van der Waals surface area contributed by atoms with Crippen molar-refractivity contribution in [2.24, 2.45) is 0 Å². The Labute approximate surface area is 180 Å². The van der Waals surface area contributed by atoms with E-state index in [1.165, 1.54) is 6.07 Å². The van der Waals surface area contributed by atoms with Gasteiger partial charge >= 0.3 is 0 Å². The zero-order valence-corrected chi connectivity index (χ0v) is 17.3. The van der Waals surface area contributed by atoms with Crippen molar-refractivity contribution in [3.63, 3.8) is 0 Å². The predicted molar refractivity (Wildman–Crippen MR) is 114 cm³/mol. The van der Waals surface area contributed by atoms with Gasteiger partial charge in [-0.25, -0.2) is 9.37 Å². The van der Waals surface area contributed by atoms with Crippen molar-refractivity contribution in [3.8, 4) is 23.1 Å². The Bertz CT molecular complexity index is 1120. The number of ether oxygens (including phenoxy) is 3. The van der Waals surface area contributed by atoms with Crippen LogP contribution in [0.2, 0.25) is 0 Å². The van der Waals surface area contributed by atoms with Gasteiger partial charge in [0.15, 0.2) is 0 Å². The molecular formula is C25H24FNO4. The summed E-state index contributed by atoms with van der Waals surface area (Å²) in [6.45, 7) is 2.60. The van der Waals surface area contributed by atoms with E-state index in [9.17, 15) is 9.50 Å². The quantitative estimate of drug-likeness (QED) is 0.589. The summed E-state index contributed by atoms with van der Waals surface area (Å²) in [7, 11) is 0. The molecule has 1 N–H and O–H groups in total.